The highest BCUT2D eigenvalue weighted by Crippen LogP contribution is 2.29. The normalized spacial score (nSPS) is 14.0. The van der Waals surface area contributed by atoms with Crippen molar-refractivity contribution in [1.82, 2.24) is 15.3 Å². The van der Waals surface area contributed by atoms with Gasteiger partial charge in [-0.2, -0.15) is 0 Å². The molecule has 0 aliphatic heterocycles. The molecule has 1 saturated carbocycles. The molecular formula is C18H14ClN3O. The minimum atomic E-state index is -0.0839. The molecule has 0 unspecified atom stereocenters. The third-order valence-electron chi connectivity index (χ3n) is 3.87. The molecule has 2 aromatic heterocycles. The van der Waals surface area contributed by atoms with Crippen LogP contribution in [0.25, 0.3) is 22.3 Å². The maximum Gasteiger partial charge on any atom is 0.252 e. The molecule has 4 rings (SSSR count). The van der Waals surface area contributed by atoms with Crippen LogP contribution in [0.3, 0.4) is 0 Å². The Morgan fingerprint density at radius 3 is 2.74 bits per heavy atom. The maximum absolute atomic E-state index is 12.6. The summed E-state index contributed by atoms with van der Waals surface area (Å²) >= 11 is 6.30. The first kappa shape index (κ1) is 14.2. The minimum Gasteiger partial charge on any atom is -0.349 e. The molecule has 5 heteroatoms. The van der Waals surface area contributed by atoms with E-state index >= 15 is 0 Å². The van der Waals surface area contributed by atoms with Crippen LogP contribution in [-0.2, 0) is 0 Å². The second-order valence-corrected chi connectivity index (χ2v) is 6.06. The summed E-state index contributed by atoms with van der Waals surface area (Å²) < 4.78 is 0. The van der Waals surface area contributed by atoms with Gasteiger partial charge in [-0.25, -0.2) is 4.98 Å². The summed E-state index contributed by atoms with van der Waals surface area (Å²) in [5.74, 6) is -0.0839. The first-order chi connectivity index (χ1) is 11.2. The molecule has 0 radical (unpaired) electrons. The molecule has 4 nitrogen and oxygen atoms in total. The Morgan fingerprint density at radius 1 is 1.13 bits per heavy atom. The van der Waals surface area contributed by atoms with Crippen molar-refractivity contribution in [2.45, 2.75) is 18.9 Å². The van der Waals surface area contributed by atoms with Crippen molar-refractivity contribution >= 4 is 28.4 Å². The molecule has 2 heterocycles. The van der Waals surface area contributed by atoms with E-state index in [4.69, 9.17) is 11.6 Å². The average Bonchev–Trinajstić information content (AvgIpc) is 3.39. The number of hydrogen-bond acceptors (Lipinski definition) is 3. The number of fused-ring (bicyclic) bond motifs is 1. The van der Waals surface area contributed by atoms with Crippen LogP contribution in [0.4, 0.5) is 0 Å². The Hall–Kier alpha value is -2.46. The van der Waals surface area contributed by atoms with Gasteiger partial charge in [-0.05, 0) is 37.1 Å². The van der Waals surface area contributed by atoms with Crippen molar-refractivity contribution in [2.24, 2.45) is 0 Å². The Balaban J connectivity index is 1.91. The van der Waals surface area contributed by atoms with Crippen LogP contribution in [-0.4, -0.2) is 21.9 Å². The first-order valence-electron chi connectivity index (χ1n) is 7.54. The van der Waals surface area contributed by atoms with Gasteiger partial charge in [-0.1, -0.05) is 29.8 Å². The van der Waals surface area contributed by atoms with E-state index in [9.17, 15) is 4.79 Å². The fourth-order valence-corrected chi connectivity index (χ4v) is 2.75. The lowest BCUT2D eigenvalue weighted by Crippen LogP contribution is -2.25. The summed E-state index contributed by atoms with van der Waals surface area (Å²) in [6.45, 7) is 0. The number of benzene rings is 1. The summed E-state index contributed by atoms with van der Waals surface area (Å²) in [5.41, 5.74) is 2.57. The highest BCUT2D eigenvalue weighted by Gasteiger charge is 2.25. The van der Waals surface area contributed by atoms with Crippen LogP contribution in [0.2, 0.25) is 5.02 Å². The Morgan fingerprint density at radius 2 is 2.00 bits per heavy atom. The lowest BCUT2D eigenvalue weighted by Gasteiger charge is -2.10. The molecule has 0 atom stereocenters. The van der Waals surface area contributed by atoms with Crippen LogP contribution >= 0.6 is 11.6 Å². The number of aromatic nitrogens is 2. The van der Waals surface area contributed by atoms with Crippen molar-refractivity contribution in [3.63, 3.8) is 0 Å². The predicted octanol–water partition coefficient (Wildman–Crippen LogP) is 3.84. The molecule has 0 saturated heterocycles. The van der Waals surface area contributed by atoms with E-state index in [-0.39, 0.29) is 5.91 Å². The van der Waals surface area contributed by atoms with E-state index in [0.29, 0.717) is 27.8 Å². The number of carbonyl (C=O) groups excluding carboxylic acids is 1. The molecule has 3 aromatic rings. The minimum absolute atomic E-state index is 0.0839. The van der Waals surface area contributed by atoms with Crippen molar-refractivity contribution < 1.29 is 4.79 Å². The van der Waals surface area contributed by atoms with Crippen LogP contribution in [0.5, 0.6) is 0 Å². The zero-order valence-corrected chi connectivity index (χ0v) is 13.0. The van der Waals surface area contributed by atoms with Gasteiger partial charge in [-0.3, -0.25) is 9.78 Å². The number of nitrogens with zero attached hydrogens (tertiary/aromatic N) is 2. The van der Waals surface area contributed by atoms with Gasteiger partial charge in [0.25, 0.3) is 5.91 Å². The number of rotatable bonds is 3. The topological polar surface area (TPSA) is 54.9 Å². The number of carbonyl (C=O) groups is 1. The summed E-state index contributed by atoms with van der Waals surface area (Å²) in [5, 5.41) is 4.32. The summed E-state index contributed by atoms with van der Waals surface area (Å²) in [6.07, 6.45) is 3.79. The number of nitrogens with one attached hydrogen (secondary N) is 1. The standard InChI is InChI=1S/C18H14ClN3O/c19-14-5-3-4-12-13(18(23)21-11-7-8-11)10-16(22-17(12)14)15-6-1-2-9-20-15/h1-6,9-11H,7-8H2,(H,21,23). The van der Waals surface area contributed by atoms with E-state index in [0.717, 1.165) is 23.9 Å². The van der Waals surface area contributed by atoms with Crippen molar-refractivity contribution in [3.8, 4) is 11.4 Å². The maximum atomic E-state index is 12.6. The summed E-state index contributed by atoms with van der Waals surface area (Å²) in [7, 11) is 0. The molecule has 114 valence electrons. The SMILES string of the molecule is O=C(NC1CC1)c1cc(-c2ccccn2)nc2c(Cl)cccc12. The smallest absolute Gasteiger partial charge is 0.252 e. The van der Waals surface area contributed by atoms with Gasteiger partial charge in [0.05, 0.1) is 27.5 Å². The lowest BCUT2D eigenvalue weighted by atomic mass is 10.1. The molecule has 1 aliphatic rings. The largest absolute Gasteiger partial charge is 0.349 e. The number of amides is 1. The molecule has 1 N–H and O–H groups in total. The van der Waals surface area contributed by atoms with Crippen molar-refractivity contribution in [2.75, 3.05) is 0 Å². The van der Waals surface area contributed by atoms with Crippen LogP contribution in [0, 0.1) is 0 Å². The van der Waals surface area contributed by atoms with Gasteiger partial charge >= 0.3 is 0 Å². The van der Waals surface area contributed by atoms with E-state index in [1.165, 1.54) is 0 Å². The van der Waals surface area contributed by atoms with Crippen LogP contribution < -0.4 is 5.32 Å². The average molecular weight is 324 g/mol. The van der Waals surface area contributed by atoms with Crippen LogP contribution in [0.15, 0.2) is 48.7 Å². The lowest BCUT2D eigenvalue weighted by molar-refractivity contribution is 0.0952. The molecule has 0 bridgehead atoms. The Kier molecular flexibility index (Phi) is 3.46. The van der Waals surface area contributed by atoms with Gasteiger partial charge in [0.1, 0.15) is 0 Å². The van der Waals surface area contributed by atoms with Crippen molar-refractivity contribution in [1.29, 1.82) is 0 Å². The zero-order valence-electron chi connectivity index (χ0n) is 12.3. The summed E-state index contributed by atoms with van der Waals surface area (Å²) in [4.78, 5) is 21.5. The Labute approximate surface area is 138 Å². The van der Waals surface area contributed by atoms with E-state index in [2.05, 4.69) is 15.3 Å². The quantitative estimate of drug-likeness (QED) is 0.796. The highest BCUT2D eigenvalue weighted by atomic mass is 35.5. The monoisotopic (exact) mass is 323 g/mol. The second kappa shape index (κ2) is 5.63. The summed E-state index contributed by atoms with van der Waals surface area (Å²) in [6, 6.07) is 13.2. The van der Waals surface area contributed by atoms with Gasteiger partial charge < -0.3 is 5.32 Å². The molecule has 1 aromatic carbocycles. The van der Waals surface area contributed by atoms with Gasteiger partial charge in [0.15, 0.2) is 0 Å². The molecular weight excluding hydrogens is 310 g/mol. The van der Waals surface area contributed by atoms with Gasteiger partial charge in [0.2, 0.25) is 0 Å². The first-order valence-corrected chi connectivity index (χ1v) is 7.92. The fourth-order valence-electron chi connectivity index (χ4n) is 2.54. The fraction of sp³-hybridized carbons (Fsp3) is 0.167. The molecule has 1 aliphatic carbocycles. The second-order valence-electron chi connectivity index (χ2n) is 5.65. The van der Waals surface area contributed by atoms with E-state index in [1.54, 1.807) is 18.3 Å². The predicted molar refractivity (Wildman–Crippen MR) is 90.5 cm³/mol. The third-order valence-corrected chi connectivity index (χ3v) is 4.18. The number of para-hydroxylation sites is 1. The van der Waals surface area contributed by atoms with Gasteiger partial charge in [-0.15, -0.1) is 0 Å². The molecule has 23 heavy (non-hydrogen) atoms. The molecule has 1 fully saturated rings. The van der Waals surface area contributed by atoms with Gasteiger partial charge in [0, 0.05) is 17.6 Å². The number of halogens is 1. The molecule has 0 spiro atoms. The van der Waals surface area contributed by atoms with Crippen molar-refractivity contribution in [3.05, 3.63) is 59.2 Å². The number of pyridine rings is 2. The number of hydrogen-bond donors (Lipinski definition) is 1. The van der Waals surface area contributed by atoms with Crippen LogP contribution in [0.1, 0.15) is 23.2 Å². The third kappa shape index (κ3) is 2.78. The zero-order chi connectivity index (χ0) is 15.8. The Bertz CT molecular complexity index is 891. The van der Waals surface area contributed by atoms with E-state index < -0.39 is 0 Å². The molecule has 1 amide bonds. The van der Waals surface area contributed by atoms with E-state index in [1.807, 2.05) is 30.3 Å². The highest BCUT2D eigenvalue weighted by molar-refractivity contribution is 6.35.